The highest BCUT2D eigenvalue weighted by atomic mass is 15.2. The van der Waals surface area contributed by atoms with Crippen LogP contribution in [-0.4, -0.2) is 23.0 Å². The van der Waals surface area contributed by atoms with Crippen LogP contribution in [0.1, 0.15) is 105 Å². The van der Waals surface area contributed by atoms with Crippen molar-refractivity contribution < 1.29 is 0 Å². The van der Waals surface area contributed by atoms with E-state index < -0.39 is 0 Å². The van der Waals surface area contributed by atoms with Crippen molar-refractivity contribution in [2.45, 2.75) is 123 Å². The van der Waals surface area contributed by atoms with Crippen molar-refractivity contribution in [2.24, 2.45) is 11.8 Å². The first-order chi connectivity index (χ1) is 10.7. The van der Waals surface area contributed by atoms with Crippen LogP contribution >= 0.6 is 0 Å². The second-order valence-corrected chi connectivity index (χ2v) is 8.38. The van der Waals surface area contributed by atoms with E-state index in [-0.39, 0.29) is 0 Å². The summed E-state index contributed by atoms with van der Waals surface area (Å²) in [4.78, 5) is 2.87. The summed E-state index contributed by atoms with van der Waals surface area (Å²) in [5.74, 6) is 2.13. The highest BCUT2D eigenvalue weighted by molar-refractivity contribution is 4.86. The molecule has 130 valence electrons. The van der Waals surface area contributed by atoms with Crippen LogP contribution in [0.25, 0.3) is 0 Å². The summed E-state index contributed by atoms with van der Waals surface area (Å²) in [5, 5.41) is 0. The third-order valence-corrected chi connectivity index (χ3v) is 6.83. The Kier molecular flexibility index (Phi) is 7.74. The minimum Gasteiger partial charge on any atom is -0.295 e. The number of hydrogen-bond donors (Lipinski definition) is 0. The molecule has 0 saturated heterocycles. The molecule has 22 heavy (non-hydrogen) atoms. The highest BCUT2D eigenvalue weighted by Crippen LogP contribution is 2.37. The summed E-state index contributed by atoms with van der Waals surface area (Å²) in [6, 6.07) is 2.39. The lowest BCUT2D eigenvalue weighted by Gasteiger charge is -2.44. The van der Waals surface area contributed by atoms with Gasteiger partial charge in [-0.2, -0.15) is 0 Å². The monoisotopic (exact) mass is 307 g/mol. The normalized spacial score (nSPS) is 30.4. The van der Waals surface area contributed by atoms with E-state index in [9.17, 15) is 0 Å². The second-order valence-electron chi connectivity index (χ2n) is 8.38. The lowest BCUT2D eigenvalue weighted by molar-refractivity contribution is 0.0529. The third kappa shape index (κ3) is 4.98. The fourth-order valence-corrected chi connectivity index (χ4v) is 5.15. The predicted molar refractivity (Wildman–Crippen MR) is 98.3 cm³/mol. The predicted octanol–water partition coefficient (Wildman–Crippen LogP) is 6.41. The van der Waals surface area contributed by atoms with Crippen molar-refractivity contribution in [3.8, 4) is 0 Å². The molecular formula is C21H41N. The molecule has 1 heteroatoms. The zero-order valence-electron chi connectivity index (χ0n) is 15.8. The molecule has 0 N–H and O–H groups in total. The largest absolute Gasteiger partial charge is 0.295 e. The Labute approximate surface area is 140 Å². The van der Waals surface area contributed by atoms with Gasteiger partial charge in [0.2, 0.25) is 0 Å². The van der Waals surface area contributed by atoms with Gasteiger partial charge in [0.1, 0.15) is 0 Å². The van der Waals surface area contributed by atoms with Crippen molar-refractivity contribution in [1.82, 2.24) is 4.90 Å². The van der Waals surface area contributed by atoms with E-state index in [0.717, 1.165) is 30.0 Å². The summed E-state index contributed by atoms with van der Waals surface area (Å²) >= 11 is 0. The fraction of sp³-hybridized carbons (Fsp3) is 1.00. The van der Waals surface area contributed by atoms with Gasteiger partial charge < -0.3 is 0 Å². The van der Waals surface area contributed by atoms with Crippen LogP contribution in [0, 0.1) is 11.8 Å². The average molecular weight is 308 g/mol. The highest BCUT2D eigenvalue weighted by Gasteiger charge is 2.31. The standard InChI is InChI=1S/C21H41N/c1-5-17(3)22(18(4)6-2)21-14-12-20(13-15-21)16-19-10-8-7-9-11-19/h17-21H,5-16H2,1-4H3. The molecule has 0 aliphatic heterocycles. The molecule has 0 amide bonds. The Balaban J connectivity index is 1.81. The maximum Gasteiger partial charge on any atom is 0.0101 e. The SMILES string of the molecule is CCC(C)N(C(C)CC)C1CCC(CC2CCCCC2)CC1. The van der Waals surface area contributed by atoms with Crippen molar-refractivity contribution in [3.63, 3.8) is 0 Å². The zero-order valence-corrected chi connectivity index (χ0v) is 15.8. The van der Waals surface area contributed by atoms with Gasteiger partial charge >= 0.3 is 0 Å². The first-order valence-corrected chi connectivity index (χ1v) is 10.4. The molecule has 2 rings (SSSR count). The molecule has 2 aliphatic rings. The fourth-order valence-electron chi connectivity index (χ4n) is 5.15. The Bertz CT molecular complexity index is 276. The van der Waals surface area contributed by atoms with E-state index in [0.29, 0.717) is 0 Å². The van der Waals surface area contributed by atoms with Crippen LogP contribution in [0.2, 0.25) is 0 Å². The minimum atomic E-state index is 0.759. The summed E-state index contributed by atoms with van der Waals surface area (Å²) in [6.07, 6.45) is 17.7. The van der Waals surface area contributed by atoms with E-state index in [1.807, 2.05) is 0 Å². The zero-order chi connectivity index (χ0) is 15.9. The van der Waals surface area contributed by atoms with Crippen LogP contribution in [0.5, 0.6) is 0 Å². The Morgan fingerprint density at radius 1 is 0.727 bits per heavy atom. The summed E-state index contributed by atoms with van der Waals surface area (Å²) in [5.41, 5.74) is 0. The van der Waals surface area contributed by atoms with Crippen LogP contribution in [0.4, 0.5) is 0 Å². The third-order valence-electron chi connectivity index (χ3n) is 6.83. The van der Waals surface area contributed by atoms with Gasteiger partial charge in [0.25, 0.3) is 0 Å². The maximum atomic E-state index is 2.87. The van der Waals surface area contributed by atoms with Crippen LogP contribution in [-0.2, 0) is 0 Å². The lowest BCUT2D eigenvalue weighted by Crippen LogP contribution is -2.48. The molecule has 1 nitrogen and oxygen atoms in total. The molecule has 0 spiro atoms. The lowest BCUT2D eigenvalue weighted by atomic mass is 9.76. The van der Waals surface area contributed by atoms with Crippen LogP contribution < -0.4 is 0 Å². The first kappa shape index (κ1) is 18.3. The molecule has 2 fully saturated rings. The Morgan fingerprint density at radius 3 is 1.73 bits per heavy atom. The summed E-state index contributed by atoms with van der Waals surface area (Å²) in [6.45, 7) is 9.60. The van der Waals surface area contributed by atoms with Crippen molar-refractivity contribution in [2.75, 3.05) is 0 Å². The van der Waals surface area contributed by atoms with Gasteiger partial charge in [-0.3, -0.25) is 4.90 Å². The molecule has 0 aromatic rings. The molecule has 0 aromatic carbocycles. The molecule has 0 radical (unpaired) electrons. The molecule has 2 saturated carbocycles. The van der Waals surface area contributed by atoms with Gasteiger partial charge in [-0.05, 0) is 70.6 Å². The van der Waals surface area contributed by atoms with Gasteiger partial charge in [-0.25, -0.2) is 0 Å². The van der Waals surface area contributed by atoms with Crippen molar-refractivity contribution in [1.29, 1.82) is 0 Å². The molecular weight excluding hydrogens is 266 g/mol. The van der Waals surface area contributed by atoms with E-state index in [1.54, 1.807) is 6.42 Å². The molecule has 2 atom stereocenters. The molecule has 2 aliphatic carbocycles. The number of nitrogens with zero attached hydrogens (tertiary/aromatic N) is 1. The van der Waals surface area contributed by atoms with E-state index in [2.05, 4.69) is 32.6 Å². The summed E-state index contributed by atoms with van der Waals surface area (Å²) in [7, 11) is 0. The van der Waals surface area contributed by atoms with E-state index in [4.69, 9.17) is 0 Å². The first-order valence-electron chi connectivity index (χ1n) is 10.4. The number of hydrogen-bond acceptors (Lipinski definition) is 1. The van der Waals surface area contributed by atoms with Crippen molar-refractivity contribution >= 4 is 0 Å². The maximum absolute atomic E-state index is 2.87. The molecule has 2 unspecified atom stereocenters. The van der Waals surface area contributed by atoms with Crippen LogP contribution in [0.15, 0.2) is 0 Å². The number of rotatable bonds is 7. The molecule has 0 bridgehead atoms. The molecule has 0 aromatic heterocycles. The van der Waals surface area contributed by atoms with Gasteiger partial charge in [0.05, 0.1) is 0 Å². The average Bonchev–Trinajstić information content (AvgIpc) is 2.57. The quantitative estimate of drug-likeness (QED) is 0.525. The smallest absolute Gasteiger partial charge is 0.0101 e. The van der Waals surface area contributed by atoms with E-state index in [1.165, 1.54) is 70.6 Å². The summed E-state index contributed by atoms with van der Waals surface area (Å²) < 4.78 is 0. The van der Waals surface area contributed by atoms with Crippen LogP contribution in [0.3, 0.4) is 0 Å². The van der Waals surface area contributed by atoms with Gasteiger partial charge in [-0.1, -0.05) is 46.0 Å². The second kappa shape index (κ2) is 9.30. The topological polar surface area (TPSA) is 3.24 Å². The minimum absolute atomic E-state index is 0.759. The van der Waals surface area contributed by atoms with Gasteiger partial charge in [0, 0.05) is 18.1 Å². The Hall–Kier alpha value is -0.0400. The molecule has 0 heterocycles. The van der Waals surface area contributed by atoms with Crippen molar-refractivity contribution in [3.05, 3.63) is 0 Å². The van der Waals surface area contributed by atoms with Gasteiger partial charge in [0.15, 0.2) is 0 Å². The van der Waals surface area contributed by atoms with Gasteiger partial charge in [-0.15, -0.1) is 0 Å². The Morgan fingerprint density at radius 2 is 1.23 bits per heavy atom. The van der Waals surface area contributed by atoms with E-state index >= 15 is 0 Å².